The standard InChI is InChI=1S/C30H33ClN4O3S2/c1-3-8-35-24(15-30-12-18-9-19(13-30)11-20(10-18)14-30)33-34-29(35)40-17-25(36)32-27-26(28(37)38-2)23(16-39-27)21-4-6-22(31)7-5-21/h3-7,16,18-20H,1,8-15,17H2,2H3,(H,32,36). The van der Waals surface area contributed by atoms with Gasteiger partial charge in [0.2, 0.25) is 5.91 Å². The molecule has 0 radical (unpaired) electrons. The van der Waals surface area contributed by atoms with Crippen LogP contribution >= 0.6 is 34.7 Å². The van der Waals surface area contributed by atoms with E-state index in [1.807, 2.05) is 23.6 Å². The number of carbonyl (C=O) groups is 2. The van der Waals surface area contributed by atoms with Gasteiger partial charge in [-0.25, -0.2) is 4.79 Å². The molecule has 4 saturated carbocycles. The molecule has 10 heteroatoms. The summed E-state index contributed by atoms with van der Waals surface area (Å²) in [5.41, 5.74) is 2.20. The van der Waals surface area contributed by atoms with Crippen LogP contribution in [0.5, 0.6) is 0 Å². The van der Waals surface area contributed by atoms with Gasteiger partial charge in [0.05, 0.1) is 12.9 Å². The maximum absolute atomic E-state index is 13.0. The second kappa shape index (κ2) is 11.3. The molecule has 2 aromatic heterocycles. The van der Waals surface area contributed by atoms with E-state index in [0.29, 0.717) is 33.1 Å². The molecule has 0 unspecified atom stereocenters. The van der Waals surface area contributed by atoms with Crippen molar-refractivity contribution in [2.24, 2.45) is 23.2 Å². The van der Waals surface area contributed by atoms with E-state index in [1.54, 1.807) is 12.1 Å². The van der Waals surface area contributed by atoms with E-state index in [4.69, 9.17) is 16.3 Å². The Morgan fingerprint density at radius 1 is 1.18 bits per heavy atom. The predicted octanol–water partition coefficient (Wildman–Crippen LogP) is 7.12. The number of methoxy groups -OCH3 is 1. The molecule has 40 heavy (non-hydrogen) atoms. The number of aromatic nitrogens is 3. The zero-order valence-corrected chi connectivity index (χ0v) is 24.9. The molecule has 7 rings (SSSR count). The minimum absolute atomic E-state index is 0.140. The zero-order valence-electron chi connectivity index (χ0n) is 22.5. The minimum Gasteiger partial charge on any atom is -0.465 e. The molecule has 210 valence electrons. The third-order valence-electron chi connectivity index (χ3n) is 8.72. The molecule has 1 aromatic carbocycles. The third kappa shape index (κ3) is 5.48. The first-order valence-corrected chi connectivity index (χ1v) is 16.0. The number of thioether (sulfide) groups is 1. The molecule has 2 heterocycles. The number of rotatable bonds is 10. The van der Waals surface area contributed by atoms with Crippen LogP contribution in [0.4, 0.5) is 5.00 Å². The molecule has 0 spiro atoms. The number of benzene rings is 1. The molecule has 1 N–H and O–H groups in total. The lowest BCUT2D eigenvalue weighted by molar-refractivity contribution is -0.113. The van der Waals surface area contributed by atoms with Gasteiger partial charge in [-0.1, -0.05) is 41.6 Å². The first-order chi connectivity index (χ1) is 19.4. The van der Waals surface area contributed by atoms with Gasteiger partial charge in [-0.2, -0.15) is 0 Å². The highest BCUT2D eigenvalue weighted by atomic mass is 35.5. The van der Waals surface area contributed by atoms with Gasteiger partial charge in [-0.3, -0.25) is 4.79 Å². The van der Waals surface area contributed by atoms with Crippen LogP contribution in [0.25, 0.3) is 11.1 Å². The average molecular weight is 597 g/mol. The van der Waals surface area contributed by atoms with E-state index in [0.717, 1.165) is 40.7 Å². The number of esters is 1. The Bertz CT molecular complexity index is 1400. The summed E-state index contributed by atoms with van der Waals surface area (Å²) in [5.74, 6) is 3.06. The van der Waals surface area contributed by atoms with Crippen molar-refractivity contribution in [3.8, 4) is 11.1 Å². The van der Waals surface area contributed by atoms with E-state index in [2.05, 4.69) is 26.7 Å². The normalized spacial score (nSPS) is 24.7. The van der Waals surface area contributed by atoms with E-state index >= 15 is 0 Å². The smallest absolute Gasteiger partial charge is 0.341 e. The highest BCUT2D eigenvalue weighted by Gasteiger charge is 2.51. The van der Waals surface area contributed by atoms with Gasteiger partial charge in [0.1, 0.15) is 16.4 Å². The highest BCUT2D eigenvalue weighted by molar-refractivity contribution is 7.99. The van der Waals surface area contributed by atoms with Gasteiger partial charge < -0.3 is 14.6 Å². The largest absolute Gasteiger partial charge is 0.465 e. The topological polar surface area (TPSA) is 86.1 Å². The van der Waals surface area contributed by atoms with Crippen LogP contribution in [0.2, 0.25) is 5.02 Å². The van der Waals surface area contributed by atoms with Crippen molar-refractivity contribution in [3.63, 3.8) is 0 Å². The van der Waals surface area contributed by atoms with Crippen LogP contribution in [0.15, 0.2) is 47.5 Å². The van der Waals surface area contributed by atoms with Crippen LogP contribution in [-0.2, 0) is 22.5 Å². The monoisotopic (exact) mass is 596 g/mol. The fourth-order valence-electron chi connectivity index (χ4n) is 7.60. The van der Waals surface area contributed by atoms with Crippen molar-refractivity contribution >= 4 is 51.6 Å². The van der Waals surface area contributed by atoms with E-state index < -0.39 is 5.97 Å². The lowest BCUT2D eigenvalue weighted by Gasteiger charge is -2.56. The molecule has 0 atom stereocenters. The quantitative estimate of drug-likeness (QED) is 0.152. The molecular formula is C30H33ClN4O3S2. The van der Waals surface area contributed by atoms with Gasteiger partial charge in [-0.05, 0) is 79.4 Å². The van der Waals surface area contributed by atoms with Gasteiger partial charge in [0, 0.05) is 28.9 Å². The summed E-state index contributed by atoms with van der Waals surface area (Å²) in [4.78, 5) is 25.7. The summed E-state index contributed by atoms with van der Waals surface area (Å²) >= 11 is 8.68. The van der Waals surface area contributed by atoms with Crippen LogP contribution in [0.3, 0.4) is 0 Å². The predicted molar refractivity (Wildman–Crippen MR) is 160 cm³/mol. The second-order valence-electron chi connectivity index (χ2n) is 11.6. The van der Waals surface area contributed by atoms with E-state index in [1.165, 1.54) is 68.7 Å². The minimum atomic E-state index is -0.505. The van der Waals surface area contributed by atoms with Crippen molar-refractivity contribution in [2.75, 3.05) is 18.2 Å². The lowest BCUT2D eigenvalue weighted by atomic mass is 9.49. The number of ether oxygens (including phenoxy) is 1. The van der Waals surface area contributed by atoms with Crippen LogP contribution in [-0.4, -0.2) is 39.5 Å². The molecule has 1 amide bonds. The van der Waals surface area contributed by atoms with Gasteiger partial charge in [-0.15, -0.1) is 28.1 Å². The molecule has 4 fully saturated rings. The Morgan fingerprint density at radius 2 is 1.85 bits per heavy atom. The maximum Gasteiger partial charge on any atom is 0.341 e. The number of halogens is 1. The number of nitrogens with zero attached hydrogens (tertiary/aromatic N) is 3. The molecule has 7 nitrogen and oxygen atoms in total. The maximum atomic E-state index is 13.0. The average Bonchev–Trinajstić information content (AvgIpc) is 3.50. The van der Waals surface area contributed by atoms with Crippen LogP contribution in [0, 0.1) is 23.2 Å². The molecule has 4 bridgehead atoms. The molecular weight excluding hydrogens is 564 g/mol. The summed E-state index contributed by atoms with van der Waals surface area (Å²) in [6.07, 6.45) is 11.0. The zero-order chi connectivity index (χ0) is 27.9. The molecule has 4 aliphatic carbocycles. The summed E-state index contributed by atoms with van der Waals surface area (Å²) in [6, 6.07) is 7.21. The number of anilines is 1. The summed E-state index contributed by atoms with van der Waals surface area (Å²) in [5, 5.41) is 15.6. The number of hydrogen-bond donors (Lipinski definition) is 1. The third-order valence-corrected chi connectivity index (χ3v) is 10.8. The number of nitrogens with one attached hydrogen (secondary N) is 1. The Labute approximate surface area is 247 Å². The summed E-state index contributed by atoms with van der Waals surface area (Å²) < 4.78 is 7.15. The van der Waals surface area contributed by atoms with Crippen molar-refractivity contribution in [3.05, 3.63) is 58.7 Å². The molecule has 3 aromatic rings. The number of thiophene rings is 1. The fraction of sp³-hybridized carbons (Fsp3) is 0.467. The molecule has 0 aliphatic heterocycles. The van der Waals surface area contributed by atoms with Gasteiger partial charge >= 0.3 is 5.97 Å². The number of allylic oxidation sites excluding steroid dienone is 1. The Balaban J connectivity index is 1.15. The van der Waals surface area contributed by atoms with E-state index in [9.17, 15) is 9.59 Å². The number of amides is 1. The summed E-state index contributed by atoms with van der Waals surface area (Å²) in [6.45, 7) is 4.56. The Hall–Kier alpha value is -2.62. The number of hydrogen-bond acceptors (Lipinski definition) is 7. The van der Waals surface area contributed by atoms with Crippen molar-refractivity contribution < 1.29 is 14.3 Å². The first-order valence-electron chi connectivity index (χ1n) is 13.8. The van der Waals surface area contributed by atoms with Crippen LogP contribution < -0.4 is 5.32 Å². The second-order valence-corrected chi connectivity index (χ2v) is 13.8. The highest BCUT2D eigenvalue weighted by Crippen LogP contribution is 2.61. The summed E-state index contributed by atoms with van der Waals surface area (Å²) in [7, 11) is 1.33. The Morgan fingerprint density at radius 3 is 2.48 bits per heavy atom. The van der Waals surface area contributed by atoms with Gasteiger partial charge in [0.15, 0.2) is 5.16 Å². The van der Waals surface area contributed by atoms with Crippen molar-refractivity contribution in [2.45, 2.75) is 56.6 Å². The first kappa shape index (κ1) is 27.5. The van der Waals surface area contributed by atoms with Crippen molar-refractivity contribution in [1.29, 1.82) is 0 Å². The SMILES string of the molecule is C=CCn1c(CC23CC4CC(CC(C4)C2)C3)nnc1SCC(=O)Nc1scc(-c2ccc(Cl)cc2)c1C(=O)OC. The van der Waals surface area contributed by atoms with Gasteiger partial charge in [0.25, 0.3) is 0 Å². The van der Waals surface area contributed by atoms with Crippen molar-refractivity contribution in [1.82, 2.24) is 14.8 Å². The fourth-order valence-corrected chi connectivity index (χ4v) is 9.47. The molecule has 4 aliphatic rings. The lowest BCUT2D eigenvalue weighted by Crippen LogP contribution is -2.47. The van der Waals surface area contributed by atoms with E-state index in [-0.39, 0.29) is 11.7 Å². The van der Waals surface area contributed by atoms with Crippen LogP contribution in [0.1, 0.15) is 54.7 Å². The molecule has 0 saturated heterocycles. The Kier molecular flexibility index (Phi) is 7.81. The number of carbonyl (C=O) groups excluding carboxylic acids is 2.